The molecule has 0 atom stereocenters. The van der Waals surface area contributed by atoms with Crippen molar-refractivity contribution < 1.29 is 27.9 Å². The Bertz CT molecular complexity index is 1080. The number of carbonyl (C=O) groups excluding carboxylic acids is 3. The molecule has 1 aromatic heterocycles. The number of hydrogen-bond donors (Lipinski definition) is 2. The number of carbonyl (C=O) groups is 3. The number of ether oxygens (including phenoxy) is 1. The SMILES string of the molecule is Cc1c(C(=O)OCC(=O)NNC(=O)c2ccccc2F)oc2ccc(Cl)cc12. The molecule has 3 rings (SSSR count). The highest BCUT2D eigenvalue weighted by atomic mass is 35.5. The van der Waals surface area contributed by atoms with Gasteiger partial charge in [-0.05, 0) is 37.3 Å². The lowest BCUT2D eigenvalue weighted by atomic mass is 10.1. The van der Waals surface area contributed by atoms with Crippen molar-refractivity contribution in [2.45, 2.75) is 6.92 Å². The molecule has 0 aliphatic rings. The summed E-state index contributed by atoms with van der Waals surface area (Å²) in [5.74, 6) is -3.29. The second kappa shape index (κ2) is 8.10. The van der Waals surface area contributed by atoms with Gasteiger partial charge < -0.3 is 9.15 Å². The molecule has 0 spiro atoms. The second-order valence-corrected chi connectivity index (χ2v) is 6.19. The molecular weight excluding hydrogens is 391 g/mol. The quantitative estimate of drug-likeness (QED) is 0.514. The molecule has 144 valence electrons. The summed E-state index contributed by atoms with van der Waals surface area (Å²) < 4.78 is 23.8. The second-order valence-electron chi connectivity index (χ2n) is 5.75. The van der Waals surface area contributed by atoms with Crippen molar-refractivity contribution in [3.05, 3.63) is 70.2 Å². The van der Waals surface area contributed by atoms with Gasteiger partial charge in [-0.15, -0.1) is 0 Å². The molecule has 2 amide bonds. The van der Waals surface area contributed by atoms with E-state index in [2.05, 4.69) is 0 Å². The smallest absolute Gasteiger partial charge is 0.375 e. The van der Waals surface area contributed by atoms with Gasteiger partial charge in [0.25, 0.3) is 11.8 Å². The monoisotopic (exact) mass is 404 g/mol. The standard InChI is InChI=1S/C19H14ClFN2O5/c1-10-13-8-11(20)6-7-15(13)28-17(10)19(26)27-9-16(24)22-23-18(25)12-4-2-3-5-14(12)21/h2-8H,9H2,1H3,(H,22,24)(H,23,25). The van der Waals surface area contributed by atoms with E-state index in [9.17, 15) is 18.8 Å². The predicted octanol–water partition coefficient (Wildman–Crippen LogP) is 3.15. The Balaban J connectivity index is 1.56. The Hall–Kier alpha value is -3.39. The van der Waals surface area contributed by atoms with Crippen LogP contribution < -0.4 is 10.9 Å². The Morgan fingerprint density at radius 2 is 1.89 bits per heavy atom. The minimum atomic E-state index is -0.847. The molecule has 0 bridgehead atoms. The largest absolute Gasteiger partial charge is 0.450 e. The van der Waals surface area contributed by atoms with E-state index in [-0.39, 0.29) is 11.3 Å². The molecule has 2 aromatic carbocycles. The highest BCUT2D eigenvalue weighted by molar-refractivity contribution is 6.31. The zero-order valence-electron chi connectivity index (χ0n) is 14.5. The third kappa shape index (κ3) is 4.12. The van der Waals surface area contributed by atoms with Gasteiger partial charge in [0, 0.05) is 16.0 Å². The van der Waals surface area contributed by atoms with Crippen molar-refractivity contribution in [3.8, 4) is 0 Å². The van der Waals surface area contributed by atoms with Gasteiger partial charge in [0.2, 0.25) is 5.76 Å². The summed E-state index contributed by atoms with van der Waals surface area (Å²) in [5.41, 5.74) is 4.81. The van der Waals surface area contributed by atoms with Crippen molar-refractivity contribution in [3.63, 3.8) is 0 Å². The van der Waals surface area contributed by atoms with Crippen LogP contribution in [0, 0.1) is 12.7 Å². The molecule has 0 aliphatic carbocycles. The van der Waals surface area contributed by atoms with Crippen LogP contribution in [0.4, 0.5) is 4.39 Å². The molecule has 0 unspecified atom stereocenters. The Labute approximate surface area is 163 Å². The van der Waals surface area contributed by atoms with Gasteiger partial charge in [0.1, 0.15) is 11.4 Å². The van der Waals surface area contributed by atoms with E-state index in [0.29, 0.717) is 21.6 Å². The maximum Gasteiger partial charge on any atom is 0.375 e. The zero-order valence-corrected chi connectivity index (χ0v) is 15.3. The van der Waals surface area contributed by atoms with E-state index in [1.165, 1.54) is 18.2 Å². The first-order chi connectivity index (χ1) is 13.4. The van der Waals surface area contributed by atoms with E-state index >= 15 is 0 Å². The van der Waals surface area contributed by atoms with Gasteiger partial charge >= 0.3 is 5.97 Å². The van der Waals surface area contributed by atoms with Gasteiger partial charge in [-0.2, -0.15) is 0 Å². The molecule has 0 saturated heterocycles. The number of hydrogen-bond acceptors (Lipinski definition) is 5. The first kappa shape index (κ1) is 19.4. The van der Waals surface area contributed by atoms with Gasteiger partial charge in [-0.1, -0.05) is 23.7 Å². The molecule has 0 aliphatic heterocycles. The highest BCUT2D eigenvalue weighted by Gasteiger charge is 2.20. The van der Waals surface area contributed by atoms with Crippen LogP contribution >= 0.6 is 11.6 Å². The average molecular weight is 405 g/mol. The van der Waals surface area contributed by atoms with Crippen molar-refractivity contribution >= 4 is 40.4 Å². The molecule has 28 heavy (non-hydrogen) atoms. The van der Waals surface area contributed by atoms with Crippen LogP contribution in [0.1, 0.15) is 26.5 Å². The molecular formula is C19H14ClFN2O5. The number of nitrogens with one attached hydrogen (secondary N) is 2. The molecule has 7 nitrogen and oxygen atoms in total. The minimum Gasteiger partial charge on any atom is -0.450 e. The Morgan fingerprint density at radius 1 is 1.14 bits per heavy atom. The summed E-state index contributed by atoms with van der Waals surface area (Å²) in [5, 5.41) is 1.14. The number of halogens is 2. The van der Waals surface area contributed by atoms with Gasteiger partial charge in [0.15, 0.2) is 6.61 Å². The van der Waals surface area contributed by atoms with Gasteiger partial charge in [-0.3, -0.25) is 20.4 Å². The molecule has 0 radical (unpaired) electrons. The van der Waals surface area contributed by atoms with E-state index in [1.807, 2.05) is 10.9 Å². The third-order valence-electron chi connectivity index (χ3n) is 3.85. The fourth-order valence-electron chi connectivity index (χ4n) is 2.46. The van der Waals surface area contributed by atoms with Crippen LogP contribution in [0.2, 0.25) is 5.02 Å². The number of esters is 1. The molecule has 3 aromatic rings. The van der Waals surface area contributed by atoms with Crippen LogP contribution in [0.3, 0.4) is 0 Å². The van der Waals surface area contributed by atoms with E-state index < -0.39 is 30.2 Å². The predicted molar refractivity (Wildman–Crippen MR) is 98.3 cm³/mol. The van der Waals surface area contributed by atoms with E-state index in [0.717, 1.165) is 6.07 Å². The Kier molecular flexibility index (Phi) is 5.60. The summed E-state index contributed by atoms with van der Waals surface area (Å²) in [7, 11) is 0. The molecule has 0 fully saturated rings. The van der Waals surface area contributed by atoms with Crippen LogP contribution in [-0.2, 0) is 9.53 Å². The number of fused-ring (bicyclic) bond motifs is 1. The van der Waals surface area contributed by atoms with Crippen LogP contribution in [0.25, 0.3) is 11.0 Å². The highest BCUT2D eigenvalue weighted by Crippen LogP contribution is 2.28. The van der Waals surface area contributed by atoms with Crippen LogP contribution in [-0.4, -0.2) is 24.4 Å². The molecule has 0 saturated carbocycles. The number of aryl methyl sites for hydroxylation is 1. The van der Waals surface area contributed by atoms with Crippen LogP contribution in [0.15, 0.2) is 46.9 Å². The topological polar surface area (TPSA) is 97.6 Å². The number of amides is 2. The maximum atomic E-state index is 13.5. The number of rotatable bonds is 4. The van der Waals surface area contributed by atoms with Crippen molar-refractivity contribution in [2.75, 3.05) is 6.61 Å². The van der Waals surface area contributed by atoms with Crippen molar-refractivity contribution in [1.82, 2.24) is 10.9 Å². The lowest BCUT2D eigenvalue weighted by Crippen LogP contribution is -2.43. The maximum absolute atomic E-state index is 13.5. The first-order valence-corrected chi connectivity index (χ1v) is 8.44. The summed E-state index contributed by atoms with van der Waals surface area (Å²) in [6.45, 7) is 0.987. The van der Waals surface area contributed by atoms with E-state index in [4.69, 9.17) is 20.8 Å². The summed E-state index contributed by atoms with van der Waals surface area (Å²) >= 11 is 5.93. The Morgan fingerprint density at radius 3 is 2.64 bits per heavy atom. The van der Waals surface area contributed by atoms with Crippen molar-refractivity contribution in [2.24, 2.45) is 0 Å². The minimum absolute atomic E-state index is 0.0551. The van der Waals surface area contributed by atoms with Crippen molar-refractivity contribution in [1.29, 1.82) is 0 Å². The number of furan rings is 1. The molecule has 1 heterocycles. The zero-order chi connectivity index (χ0) is 20.3. The normalized spacial score (nSPS) is 10.5. The number of benzene rings is 2. The third-order valence-corrected chi connectivity index (χ3v) is 4.09. The van der Waals surface area contributed by atoms with Gasteiger partial charge in [0.05, 0.1) is 5.56 Å². The lowest BCUT2D eigenvalue weighted by molar-refractivity contribution is -0.125. The molecule has 2 N–H and O–H groups in total. The summed E-state index contributed by atoms with van der Waals surface area (Å²) in [6.07, 6.45) is 0. The summed E-state index contributed by atoms with van der Waals surface area (Å²) in [6, 6.07) is 10.2. The number of hydrazine groups is 1. The molecule has 9 heteroatoms. The average Bonchev–Trinajstić information content (AvgIpc) is 3.00. The van der Waals surface area contributed by atoms with E-state index in [1.54, 1.807) is 25.1 Å². The summed E-state index contributed by atoms with van der Waals surface area (Å²) in [4.78, 5) is 35.7. The van der Waals surface area contributed by atoms with Gasteiger partial charge in [-0.25, -0.2) is 9.18 Å². The van der Waals surface area contributed by atoms with Crippen LogP contribution in [0.5, 0.6) is 0 Å². The fourth-order valence-corrected chi connectivity index (χ4v) is 2.63. The fraction of sp³-hybridized carbons (Fsp3) is 0.105. The lowest BCUT2D eigenvalue weighted by Gasteiger charge is -2.08. The first-order valence-electron chi connectivity index (χ1n) is 8.06.